The zero-order valence-electron chi connectivity index (χ0n) is 10.1. The van der Waals surface area contributed by atoms with Gasteiger partial charge in [0.2, 0.25) is 0 Å². The number of rotatable bonds is 3. The molecule has 0 aliphatic rings. The van der Waals surface area contributed by atoms with Crippen molar-refractivity contribution in [1.29, 1.82) is 5.26 Å². The average Bonchev–Trinajstić information content (AvgIpc) is 2.70. The fraction of sp³-hybridized carbons (Fsp3) is 0.273. The highest BCUT2D eigenvalue weighted by atomic mass is 35.5. The molecule has 0 saturated carbocycles. The van der Waals surface area contributed by atoms with Crippen molar-refractivity contribution in [1.82, 2.24) is 19.9 Å². The third-order valence-electron chi connectivity index (χ3n) is 2.30. The summed E-state index contributed by atoms with van der Waals surface area (Å²) in [5, 5.41) is 18.2. The number of nitriles is 1. The number of anilines is 1. The van der Waals surface area contributed by atoms with Crippen molar-refractivity contribution in [2.45, 2.75) is 19.4 Å². The van der Waals surface area contributed by atoms with Crippen molar-refractivity contribution < 1.29 is 4.79 Å². The van der Waals surface area contributed by atoms with Gasteiger partial charge in [-0.3, -0.25) is 5.32 Å². The number of pyridine rings is 1. The van der Waals surface area contributed by atoms with Crippen LogP contribution in [0, 0.1) is 11.3 Å². The maximum atomic E-state index is 11.6. The van der Waals surface area contributed by atoms with Gasteiger partial charge in [0.25, 0.3) is 5.95 Å². The van der Waals surface area contributed by atoms with E-state index < -0.39 is 6.03 Å². The largest absolute Gasteiger partial charge is 0.334 e. The van der Waals surface area contributed by atoms with Crippen molar-refractivity contribution >= 4 is 29.2 Å². The van der Waals surface area contributed by atoms with Crippen LogP contribution in [-0.4, -0.2) is 26.7 Å². The second-order valence-electron chi connectivity index (χ2n) is 3.94. The summed E-state index contributed by atoms with van der Waals surface area (Å²) >= 11 is 5.83. The average molecular weight is 279 g/mol. The molecule has 98 valence electrons. The minimum Gasteiger partial charge on any atom is -0.334 e. The van der Waals surface area contributed by atoms with Crippen molar-refractivity contribution in [2.75, 3.05) is 5.32 Å². The molecule has 2 rings (SSSR count). The van der Waals surface area contributed by atoms with Crippen LogP contribution in [0.4, 0.5) is 10.7 Å². The first kappa shape index (κ1) is 13.1. The first-order valence-corrected chi connectivity index (χ1v) is 5.92. The lowest BCUT2D eigenvalue weighted by Crippen LogP contribution is -2.36. The Morgan fingerprint density at radius 1 is 1.68 bits per heavy atom. The number of halogens is 1. The molecule has 8 heteroatoms. The number of carbonyl (C=O) groups is 1. The highest BCUT2D eigenvalue weighted by Gasteiger charge is 2.10. The van der Waals surface area contributed by atoms with E-state index in [1.54, 1.807) is 25.3 Å². The SMILES string of the molecule is C[C@@H](CC#N)NC(=O)Nc1nc2cc(Cl)ccn2n1. The molecule has 0 spiro atoms. The third-order valence-corrected chi connectivity index (χ3v) is 2.53. The van der Waals surface area contributed by atoms with Crippen LogP contribution in [0.5, 0.6) is 0 Å². The van der Waals surface area contributed by atoms with Crippen LogP contribution in [0.2, 0.25) is 5.02 Å². The molecular weight excluding hydrogens is 268 g/mol. The van der Waals surface area contributed by atoms with E-state index >= 15 is 0 Å². The number of nitrogens with zero attached hydrogens (tertiary/aromatic N) is 4. The number of nitrogens with one attached hydrogen (secondary N) is 2. The normalized spacial score (nSPS) is 11.8. The van der Waals surface area contributed by atoms with E-state index in [1.807, 2.05) is 6.07 Å². The topological polar surface area (TPSA) is 95.1 Å². The summed E-state index contributed by atoms with van der Waals surface area (Å²) in [6, 6.07) is 4.58. The molecule has 0 aromatic carbocycles. The summed E-state index contributed by atoms with van der Waals surface area (Å²) in [5.41, 5.74) is 0.535. The van der Waals surface area contributed by atoms with Crippen molar-refractivity contribution in [2.24, 2.45) is 0 Å². The Kier molecular flexibility index (Phi) is 3.82. The van der Waals surface area contributed by atoms with Crippen LogP contribution in [0.3, 0.4) is 0 Å². The Morgan fingerprint density at radius 2 is 2.47 bits per heavy atom. The van der Waals surface area contributed by atoms with Gasteiger partial charge in [-0.05, 0) is 13.0 Å². The van der Waals surface area contributed by atoms with Crippen molar-refractivity contribution in [3.63, 3.8) is 0 Å². The molecule has 7 nitrogen and oxygen atoms in total. The lowest BCUT2D eigenvalue weighted by molar-refractivity contribution is 0.249. The van der Waals surface area contributed by atoms with Crippen LogP contribution in [0.1, 0.15) is 13.3 Å². The van der Waals surface area contributed by atoms with Gasteiger partial charge in [-0.1, -0.05) is 11.6 Å². The molecule has 0 unspecified atom stereocenters. The Bertz CT molecular complexity index is 646. The summed E-state index contributed by atoms with van der Waals surface area (Å²) in [6.45, 7) is 1.74. The van der Waals surface area contributed by atoms with E-state index in [9.17, 15) is 4.79 Å². The summed E-state index contributed by atoms with van der Waals surface area (Å²) in [7, 11) is 0. The van der Waals surface area contributed by atoms with Crippen molar-refractivity contribution in [3.8, 4) is 6.07 Å². The fourth-order valence-corrected chi connectivity index (χ4v) is 1.61. The van der Waals surface area contributed by atoms with Gasteiger partial charge in [0.05, 0.1) is 12.5 Å². The first-order valence-electron chi connectivity index (χ1n) is 5.55. The number of amides is 2. The van der Waals surface area contributed by atoms with E-state index in [-0.39, 0.29) is 18.4 Å². The Labute approximate surface area is 114 Å². The number of hydrogen-bond donors (Lipinski definition) is 2. The van der Waals surface area contributed by atoms with Crippen LogP contribution in [-0.2, 0) is 0 Å². The minimum absolute atomic E-state index is 0.170. The second kappa shape index (κ2) is 5.54. The zero-order valence-corrected chi connectivity index (χ0v) is 10.8. The summed E-state index contributed by atoms with van der Waals surface area (Å²) in [4.78, 5) is 15.7. The van der Waals surface area contributed by atoms with E-state index in [0.29, 0.717) is 10.7 Å². The molecular formula is C11H11ClN6O. The van der Waals surface area contributed by atoms with Gasteiger partial charge in [-0.25, -0.2) is 9.31 Å². The Balaban J connectivity index is 2.05. The van der Waals surface area contributed by atoms with Gasteiger partial charge in [-0.15, -0.1) is 5.10 Å². The van der Waals surface area contributed by atoms with Gasteiger partial charge in [-0.2, -0.15) is 10.2 Å². The highest BCUT2D eigenvalue weighted by molar-refractivity contribution is 6.30. The summed E-state index contributed by atoms with van der Waals surface area (Å²) in [5.74, 6) is 0.170. The molecule has 1 atom stereocenters. The molecule has 0 bridgehead atoms. The van der Waals surface area contributed by atoms with Crippen LogP contribution >= 0.6 is 11.6 Å². The Hall–Kier alpha value is -2.33. The molecule has 2 aromatic rings. The monoisotopic (exact) mass is 278 g/mol. The lowest BCUT2D eigenvalue weighted by Gasteiger charge is -2.09. The van der Waals surface area contributed by atoms with E-state index in [0.717, 1.165) is 0 Å². The predicted molar refractivity (Wildman–Crippen MR) is 69.8 cm³/mol. The standard InChI is InChI=1S/C11H11ClN6O/c1-7(2-4-13)14-11(19)16-10-15-9-6-8(12)3-5-18(9)17-10/h3,5-7H,2H2,1H3,(H2,14,16,17,19)/t7-/m0/s1. The molecule has 2 aromatic heterocycles. The van der Waals surface area contributed by atoms with Gasteiger partial charge < -0.3 is 5.32 Å². The van der Waals surface area contributed by atoms with Crippen LogP contribution in [0.15, 0.2) is 18.3 Å². The summed E-state index contributed by atoms with van der Waals surface area (Å²) < 4.78 is 1.50. The Morgan fingerprint density at radius 3 is 3.21 bits per heavy atom. The lowest BCUT2D eigenvalue weighted by atomic mass is 10.3. The molecule has 0 fully saturated rings. The van der Waals surface area contributed by atoms with Gasteiger partial charge >= 0.3 is 6.03 Å². The zero-order chi connectivity index (χ0) is 13.8. The van der Waals surface area contributed by atoms with Gasteiger partial charge in [0, 0.05) is 23.3 Å². The van der Waals surface area contributed by atoms with E-state index in [4.69, 9.17) is 16.9 Å². The van der Waals surface area contributed by atoms with Gasteiger partial charge in [0.15, 0.2) is 5.65 Å². The molecule has 2 amide bonds. The minimum atomic E-state index is -0.454. The number of aromatic nitrogens is 3. The molecule has 0 radical (unpaired) electrons. The van der Waals surface area contributed by atoms with E-state index in [1.165, 1.54) is 4.52 Å². The molecule has 2 heterocycles. The van der Waals surface area contributed by atoms with Crippen molar-refractivity contribution in [3.05, 3.63) is 23.4 Å². The summed E-state index contributed by atoms with van der Waals surface area (Å²) in [6.07, 6.45) is 1.88. The maximum absolute atomic E-state index is 11.6. The van der Waals surface area contributed by atoms with Crippen LogP contribution in [0.25, 0.3) is 5.65 Å². The quantitative estimate of drug-likeness (QED) is 0.895. The first-order chi connectivity index (χ1) is 9.08. The number of carbonyl (C=O) groups excluding carboxylic acids is 1. The van der Waals surface area contributed by atoms with E-state index in [2.05, 4.69) is 20.7 Å². The number of urea groups is 1. The molecule has 2 N–H and O–H groups in total. The second-order valence-corrected chi connectivity index (χ2v) is 4.38. The number of fused-ring (bicyclic) bond motifs is 1. The molecule has 0 aliphatic heterocycles. The smallest absolute Gasteiger partial charge is 0.321 e. The fourth-order valence-electron chi connectivity index (χ4n) is 1.46. The maximum Gasteiger partial charge on any atom is 0.321 e. The van der Waals surface area contributed by atoms with Crippen LogP contribution < -0.4 is 10.6 Å². The van der Waals surface area contributed by atoms with Gasteiger partial charge in [0.1, 0.15) is 0 Å². The third kappa shape index (κ3) is 3.33. The highest BCUT2D eigenvalue weighted by Crippen LogP contribution is 2.12. The predicted octanol–water partition coefficient (Wildman–Crippen LogP) is 1.81. The molecule has 19 heavy (non-hydrogen) atoms. The molecule has 0 saturated heterocycles. The number of hydrogen-bond acceptors (Lipinski definition) is 4. The molecule has 0 aliphatic carbocycles.